The van der Waals surface area contributed by atoms with Crippen LogP contribution < -0.4 is 10.9 Å². The van der Waals surface area contributed by atoms with Crippen LogP contribution in [0, 0.1) is 0 Å². The lowest BCUT2D eigenvalue weighted by molar-refractivity contribution is 0.0948. The number of hydrogen-bond donors (Lipinski definition) is 1. The number of nitrogens with one attached hydrogen (secondary N) is 1. The first-order valence-corrected chi connectivity index (χ1v) is 11.4. The van der Waals surface area contributed by atoms with Gasteiger partial charge in [0, 0.05) is 10.4 Å². The van der Waals surface area contributed by atoms with Gasteiger partial charge in [0.15, 0.2) is 0 Å². The smallest absolute Gasteiger partial charge is 0.262 e. The Morgan fingerprint density at radius 3 is 2.94 bits per heavy atom. The monoisotopic (exact) mass is 433 g/mol. The fourth-order valence-electron chi connectivity index (χ4n) is 4.16. The number of amides is 1. The van der Waals surface area contributed by atoms with Gasteiger partial charge in [0.05, 0.1) is 31.1 Å². The summed E-state index contributed by atoms with van der Waals surface area (Å²) in [4.78, 5) is 32.5. The second-order valence-electron chi connectivity index (χ2n) is 7.88. The number of aryl methyl sites for hydroxylation is 2. The average Bonchev–Trinajstić information content (AvgIpc) is 3.37. The fourth-order valence-corrected chi connectivity index (χ4v) is 5.38. The van der Waals surface area contributed by atoms with Crippen LogP contribution in [0.5, 0.6) is 0 Å². The highest BCUT2D eigenvalue weighted by Gasteiger charge is 2.19. The van der Waals surface area contributed by atoms with E-state index in [2.05, 4.69) is 10.3 Å². The molecule has 3 aromatic heterocycles. The van der Waals surface area contributed by atoms with Crippen molar-refractivity contribution in [2.45, 2.75) is 45.2 Å². The topological polar surface area (TPSA) is 77.1 Å². The maximum Gasteiger partial charge on any atom is 0.262 e. The van der Waals surface area contributed by atoms with Crippen LogP contribution in [-0.4, -0.2) is 15.5 Å². The Morgan fingerprint density at radius 1 is 1.16 bits per heavy atom. The second kappa shape index (κ2) is 8.51. The molecule has 31 heavy (non-hydrogen) atoms. The van der Waals surface area contributed by atoms with E-state index in [1.807, 2.05) is 24.3 Å². The highest BCUT2D eigenvalue weighted by Crippen LogP contribution is 2.32. The largest absolute Gasteiger partial charge is 0.467 e. The molecule has 0 fully saturated rings. The van der Waals surface area contributed by atoms with Crippen molar-refractivity contribution >= 4 is 27.5 Å². The predicted molar refractivity (Wildman–Crippen MR) is 121 cm³/mol. The Kier molecular flexibility index (Phi) is 5.42. The maximum atomic E-state index is 13.3. The van der Waals surface area contributed by atoms with Crippen molar-refractivity contribution in [3.05, 3.63) is 86.7 Å². The van der Waals surface area contributed by atoms with Crippen molar-refractivity contribution in [1.29, 1.82) is 0 Å². The summed E-state index contributed by atoms with van der Waals surface area (Å²) in [6, 6.07) is 11.0. The van der Waals surface area contributed by atoms with E-state index < -0.39 is 0 Å². The zero-order valence-corrected chi connectivity index (χ0v) is 17.9. The van der Waals surface area contributed by atoms with Crippen LogP contribution in [-0.2, 0) is 25.9 Å². The quantitative estimate of drug-likeness (QED) is 0.476. The predicted octanol–water partition coefficient (Wildman–Crippen LogP) is 4.30. The van der Waals surface area contributed by atoms with E-state index in [0.29, 0.717) is 24.4 Å². The number of nitrogens with zero attached hydrogens (tertiary/aromatic N) is 2. The Balaban J connectivity index is 1.39. The molecule has 1 amide bonds. The van der Waals surface area contributed by atoms with Crippen molar-refractivity contribution in [2.75, 3.05) is 0 Å². The lowest BCUT2D eigenvalue weighted by atomic mass is 10.1. The number of rotatable bonds is 5. The first kappa shape index (κ1) is 19.8. The van der Waals surface area contributed by atoms with Gasteiger partial charge in [-0.15, -0.1) is 11.3 Å². The number of benzene rings is 1. The zero-order chi connectivity index (χ0) is 21.2. The molecule has 4 aromatic rings. The van der Waals surface area contributed by atoms with Crippen molar-refractivity contribution in [3.8, 4) is 0 Å². The minimum absolute atomic E-state index is 0.0112. The number of carbonyl (C=O) groups is 1. The molecule has 0 atom stereocenters. The summed E-state index contributed by atoms with van der Waals surface area (Å²) >= 11 is 1.67. The maximum absolute atomic E-state index is 13.3. The highest BCUT2D eigenvalue weighted by molar-refractivity contribution is 7.18. The molecule has 5 rings (SSSR count). The summed E-state index contributed by atoms with van der Waals surface area (Å²) in [5, 5.41) is 3.64. The summed E-state index contributed by atoms with van der Waals surface area (Å²) in [5.41, 5.74) is 2.65. The van der Waals surface area contributed by atoms with Gasteiger partial charge in [0.25, 0.3) is 11.5 Å². The third kappa shape index (κ3) is 4.05. The minimum Gasteiger partial charge on any atom is -0.467 e. The van der Waals surface area contributed by atoms with Gasteiger partial charge in [0.2, 0.25) is 0 Å². The van der Waals surface area contributed by atoms with Crippen LogP contribution in [0.1, 0.15) is 51.4 Å². The van der Waals surface area contributed by atoms with Crippen LogP contribution >= 0.6 is 11.3 Å². The number of aromatic nitrogens is 2. The summed E-state index contributed by atoms with van der Waals surface area (Å²) in [5.74, 6) is 0.521. The van der Waals surface area contributed by atoms with Crippen molar-refractivity contribution in [3.63, 3.8) is 0 Å². The molecule has 0 unspecified atom stereocenters. The first-order chi connectivity index (χ1) is 15.2. The third-order valence-corrected chi connectivity index (χ3v) is 6.94. The van der Waals surface area contributed by atoms with Gasteiger partial charge in [-0.1, -0.05) is 18.6 Å². The molecule has 0 spiro atoms. The molecule has 1 aliphatic carbocycles. The molecule has 1 aliphatic rings. The van der Waals surface area contributed by atoms with Gasteiger partial charge >= 0.3 is 0 Å². The standard InChI is InChI=1S/C24H23N3O3S/c28-22(25-13-18-8-5-11-30-18)17-7-4-6-16(12-17)14-27-15-26-23-21(24(27)29)19-9-2-1-3-10-20(19)31-23/h4-8,11-12,15H,1-3,9-10,13-14H2,(H,25,28). The first-order valence-electron chi connectivity index (χ1n) is 10.6. The molecule has 158 valence electrons. The van der Waals surface area contributed by atoms with E-state index in [0.717, 1.165) is 35.0 Å². The molecule has 0 saturated heterocycles. The molecule has 0 radical (unpaired) electrons. The molecule has 0 bridgehead atoms. The van der Waals surface area contributed by atoms with Gasteiger partial charge in [-0.3, -0.25) is 14.2 Å². The second-order valence-corrected chi connectivity index (χ2v) is 8.97. The van der Waals surface area contributed by atoms with Gasteiger partial charge in [0.1, 0.15) is 10.6 Å². The fraction of sp³-hybridized carbons (Fsp3) is 0.292. The van der Waals surface area contributed by atoms with Gasteiger partial charge in [-0.2, -0.15) is 0 Å². The zero-order valence-electron chi connectivity index (χ0n) is 17.1. The number of furan rings is 1. The summed E-state index contributed by atoms with van der Waals surface area (Å²) in [7, 11) is 0. The van der Waals surface area contributed by atoms with Crippen LogP contribution in [0.2, 0.25) is 0 Å². The molecule has 1 aromatic carbocycles. The summed E-state index contributed by atoms with van der Waals surface area (Å²) in [6.07, 6.45) is 8.74. The SMILES string of the molecule is O=C(NCc1ccco1)c1cccc(Cn2cnc3sc4c(c3c2=O)CCCCC4)c1. The molecular weight excluding hydrogens is 410 g/mol. The number of hydrogen-bond acceptors (Lipinski definition) is 5. The third-order valence-electron chi connectivity index (χ3n) is 5.74. The van der Waals surface area contributed by atoms with E-state index in [1.54, 1.807) is 40.6 Å². The van der Waals surface area contributed by atoms with Crippen LogP contribution in [0.4, 0.5) is 0 Å². The summed E-state index contributed by atoms with van der Waals surface area (Å²) < 4.78 is 6.91. The Bertz CT molecular complexity index is 1290. The van der Waals surface area contributed by atoms with Crippen molar-refractivity contribution in [2.24, 2.45) is 0 Å². The van der Waals surface area contributed by atoms with Crippen molar-refractivity contribution in [1.82, 2.24) is 14.9 Å². The summed E-state index contributed by atoms with van der Waals surface area (Å²) in [6.45, 7) is 0.713. The lowest BCUT2D eigenvalue weighted by Gasteiger charge is -2.09. The minimum atomic E-state index is -0.178. The van der Waals surface area contributed by atoms with E-state index >= 15 is 0 Å². The Labute approximate surface area is 183 Å². The number of thiophene rings is 1. The molecular formula is C24H23N3O3S. The molecule has 3 heterocycles. The number of fused-ring (bicyclic) bond motifs is 3. The lowest BCUT2D eigenvalue weighted by Crippen LogP contribution is -2.23. The van der Waals surface area contributed by atoms with E-state index in [4.69, 9.17) is 4.42 Å². The molecule has 7 heteroatoms. The van der Waals surface area contributed by atoms with Crippen LogP contribution in [0.3, 0.4) is 0 Å². The highest BCUT2D eigenvalue weighted by atomic mass is 32.1. The van der Waals surface area contributed by atoms with E-state index in [9.17, 15) is 9.59 Å². The van der Waals surface area contributed by atoms with E-state index in [1.165, 1.54) is 23.3 Å². The molecule has 0 aliphatic heterocycles. The van der Waals surface area contributed by atoms with Gasteiger partial charge < -0.3 is 9.73 Å². The van der Waals surface area contributed by atoms with Crippen LogP contribution in [0.25, 0.3) is 10.2 Å². The molecule has 1 N–H and O–H groups in total. The van der Waals surface area contributed by atoms with E-state index in [-0.39, 0.29) is 11.5 Å². The van der Waals surface area contributed by atoms with Gasteiger partial charge in [-0.05, 0) is 61.1 Å². The average molecular weight is 434 g/mol. The Hall–Kier alpha value is -3.19. The number of carbonyl (C=O) groups excluding carboxylic acids is 1. The Morgan fingerprint density at radius 2 is 2.06 bits per heavy atom. The molecule has 6 nitrogen and oxygen atoms in total. The normalized spacial score (nSPS) is 13.7. The molecule has 0 saturated carbocycles. The van der Waals surface area contributed by atoms with Gasteiger partial charge in [-0.25, -0.2) is 4.98 Å². The van der Waals surface area contributed by atoms with Crippen LogP contribution in [0.15, 0.2) is 58.2 Å². The van der Waals surface area contributed by atoms with Crippen molar-refractivity contribution < 1.29 is 9.21 Å².